The Kier molecular flexibility index (Phi) is 13.1. The Balaban J connectivity index is 0.00000338. The molecule has 0 bridgehead atoms. The van der Waals surface area contributed by atoms with Crippen LogP contribution in [0.25, 0.3) is 0 Å². The van der Waals surface area contributed by atoms with Gasteiger partial charge >= 0.3 is 31.1 Å². The Labute approximate surface area is 179 Å². The average molecular weight is 582 g/mol. The van der Waals surface area contributed by atoms with Gasteiger partial charge in [0.1, 0.15) is 19.8 Å². The molecule has 138 valence electrons. The van der Waals surface area contributed by atoms with Gasteiger partial charge in [0.25, 0.3) is 0 Å². The summed E-state index contributed by atoms with van der Waals surface area (Å²) < 4.78 is 27.5. The molecule has 0 amide bonds. The Morgan fingerprint density at radius 2 is 1.27 bits per heavy atom. The van der Waals surface area contributed by atoms with Crippen molar-refractivity contribution in [3.63, 3.8) is 0 Å². The largest absolute Gasteiger partial charge is 2.00 e. The van der Waals surface area contributed by atoms with E-state index in [2.05, 4.69) is 13.0 Å². The second kappa shape index (κ2) is 14.9. The predicted molar refractivity (Wildman–Crippen MR) is 95.2 cm³/mol. The molecule has 2 aromatic rings. The molecule has 2 rings (SSSR count). The van der Waals surface area contributed by atoms with E-state index in [-0.39, 0.29) is 31.1 Å². The van der Waals surface area contributed by atoms with Crippen molar-refractivity contribution in [1.29, 1.82) is 0 Å². The van der Waals surface area contributed by atoms with Crippen molar-refractivity contribution in [2.24, 2.45) is 0 Å². The predicted octanol–water partition coefficient (Wildman–Crippen LogP) is 3.19. The number of ether oxygens (including phenoxy) is 5. The number of para-hydroxylation sites is 3. The van der Waals surface area contributed by atoms with Gasteiger partial charge in [-0.2, -0.15) is 18.2 Å². The second-order valence-electron chi connectivity index (χ2n) is 4.94. The molecule has 0 saturated carbocycles. The van der Waals surface area contributed by atoms with Crippen LogP contribution in [0.5, 0.6) is 17.2 Å². The Bertz CT molecular complexity index is 579. The topological polar surface area (TPSA) is 46.2 Å². The first-order valence-corrected chi connectivity index (χ1v) is 8.29. The fraction of sp³-hybridized carbons (Fsp3) is 0.350. The van der Waals surface area contributed by atoms with Crippen LogP contribution in [0.3, 0.4) is 0 Å². The van der Waals surface area contributed by atoms with Crippen LogP contribution in [0.4, 0.5) is 0 Å². The first kappa shape index (κ1) is 22.9. The van der Waals surface area contributed by atoms with Gasteiger partial charge < -0.3 is 30.6 Å². The van der Waals surface area contributed by atoms with E-state index in [0.29, 0.717) is 57.7 Å². The van der Waals surface area contributed by atoms with Gasteiger partial charge in [-0.1, -0.05) is 18.7 Å². The summed E-state index contributed by atoms with van der Waals surface area (Å²) in [5.74, 6) is 2.10. The van der Waals surface area contributed by atoms with E-state index in [1.54, 1.807) is 0 Å². The van der Waals surface area contributed by atoms with Crippen molar-refractivity contribution < 1.29 is 54.8 Å². The summed E-state index contributed by atoms with van der Waals surface area (Å²) in [6.07, 6.45) is 0. The second-order valence-corrected chi connectivity index (χ2v) is 4.94. The molecule has 0 spiro atoms. The molecule has 0 aliphatic carbocycles. The summed E-state index contributed by atoms with van der Waals surface area (Å²) in [6, 6.07) is 18.0. The first-order valence-electron chi connectivity index (χ1n) is 8.29. The van der Waals surface area contributed by atoms with Gasteiger partial charge in [-0.3, -0.25) is 0 Å². The van der Waals surface area contributed by atoms with Gasteiger partial charge in [0.15, 0.2) is 11.5 Å². The van der Waals surface area contributed by atoms with Crippen LogP contribution in [-0.4, -0.2) is 46.2 Å². The molecule has 0 radical (unpaired) electrons. The summed E-state index contributed by atoms with van der Waals surface area (Å²) in [6.45, 7) is 6.88. The van der Waals surface area contributed by atoms with Crippen molar-refractivity contribution in [3.05, 3.63) is 61.5 Å². The molecular formula is C20H24O5U. The van der Waals surface area contributed by atoms with Crippen LogP contribution in [0.15, 0.2) is 48.5 Å². The van der Waals surface area contributed by atoms with Gasteiger partial charge in [-0.15, -0.1) is 12.1 Å². The van der Waals surface area contributed by atoms with Gasteiger partial charge in [-0.05, 0) is 12.1 Å². The molecule has 5 nitrogen and oxygen atoms in total. The van der Waals surface area contributed by atoms with E-state index in [1.165, 1.54) is 0 Å². The normalized spacial score (nSPS) is 10.0. The summed E-state index contributed by atoms with van der Waals surface area (Å²) >= 11 is 0. The van der Waals surface area contributed by atoms with Gasteiger partial charge in [0.2, 0.25) is 0 Å². The van der Waals surface area contributed by atoms with Crippen LogP contribution < -0.4 is 14.2 Å². The monoisotopic (exact) mass is 582 g/mol. The molecule has 0 aromatic heterocycles. The maximum absolute atomic E-state index is 5.71. The fourth-order valence-corrected chi connectivity index (χ4v) is 1.99. The summed E-state index contributed by atoms with van der Waals surface area (Å²) in [4.78, 5) is 0. The minimum atomic E-state index is 0. The number of rotatable bonds is 13. The zero-order valence-corrected chi connectivity index (χ0v) is 19.0. The fourth-order valence-electron chi connectivity index (χ4n) is 1.99. The molecule has 0 saturated heterocycles. The average Bonchev–Trinajstić information content (AvgIpc) is 2.66. The molecule has 0 unspecified atom stereocenters. The van der Waals surface area contributed by atoms with Crippen LogP contribution in [0, 0.1) is 44.1 Å². The van der Waals surface area contributed by atoms with E-state index < -0.39 is 0 Å². The third-order valence-electron chi connectivity index (χ3n) is 3.13. The minimum Gasteiger partial charge on any atom is -0.517 e. The van der Waals surface area contributed by atoms with Gasteiger partial charge in [0, 0.05) is 5.75 Å². The van der Waals surface area contributed by atoms with Crippen molar-refractivity contribution >= 4 is 0 Å². The number of benzene rings is 2. The Morgan fingerprint density at radius 3 is 1.85 bits per heavy atom. The standard InChI is InChI=1S/C20H24O5.U/c1-2-21-12-16-24-19-10-6-7-11-20(19)25-17-14-22-13-15-23-18-8-4-3-5-9-18;/h3-8,10-11H,1-2,12-17H2;/q-2;+2. The molecule has 0 aliphatic heterocycles. The SMILES string of the molecule is [CH2-]COCCOc1ccccc1OCCOCCOc1[c-]cccc1.[U+2]. The van der Waals surface area contributed by atoms with Crippen molar-refractivity contribution in [3.8, 4) is 17.2 Å². The number of hydrogen-bond acceptors (Lipinski definition) is 5. The third kappa shape index (κ3) is 9.49. The molecule has 0 heterocycles. The molecule has 0 fully saturated rings. The molecule has 0 aliphatic rings. The smallest absolute Gasteiger partial charge is 0.517 e. The summed E-state index contributed by atoms with van der Waals surface area (Å²) in [7, 11) is 0. The van der Waals surface area contributed by atoms with Crippen LogP contribution in [0.1, 0.15) is 0 Å². The zero-order valence-electron chi connectivity index (χ0n) is 14.8. The van der Waals surface area contributed by atoms with Crippen molar-refractivity contribution in [2.45, 2.75) is 0 Å². The Morgan fingerprint density at radius 1 is 0.692 bits per heavy atom. The van der Waals surface area contributed by atoms with E-state index in [1.807, 2.05) is 48.5 Å². The van der Waals surface area contributed by atoms with E-state index in [0.717, 1.165) is 5.75 Å². The molecule has 26 heavy (non-hydrogen) atoms. The first-order chi connectivity index (χ1) is 12.4. The Hall–Kier alpha value is -1.19. The maximum atomic E-state index is 5.71. The van der Waals surface area contributed by atoms with E-state index >= 15 is 0 Å². The number of hydrogen-bond donors (Lipinski definition) is 0. The van der Waals surface area contributed by atoms with Crippen LogP contribution >= 0.6 is 0 Å². The molecule has 2 aromatic carbocycles. The molecule has 6 heteroatoms. The molecule has 0 N–H and O–H groups in total. The van der Waals surface area contributed by atoms with Crippen molar-refractivity contribution in [1.82, 2.24) is 0 Å². The molecule has 0 atom stereocenters. The van der Waals surface area contributed by atoms with E-state index in [4.69, 9.17) is 23.7 Å². The molecular weight excluding hydrogens is 558 g/mol. The summed E-state index contributed by atoms with van der Waals surface area (Å²) in [5, 5.41) is 0. The minimum absolute atomic E-state index is 0. The van der Waals surface area contributed by atoms with E-state index in [9.17, 15) is 0 Å². The van der Waals surface area contributed by atoms with Crippen molar-refractivity contribution in [2.75, 3.05) is 46.2 Å². The summed E-state index contributed by atoms with van der Waals surface area (Å²) in [5.41, 5.74) is 0. The third-order valence-corrected chi connectivity index (χ3v) is 3.13. The van der Waals surface area contributed by atoms with Gasteiger partial charge in [-0.25, -0.2) is 0 Å². The van der Waals surface area contributed by atoms with Crippen LogP contribution in [-0.2, 0) is 9.47 Å². The zero-order chi connectivity index (χ0) is 17.6. The van der Waals surface area contributed by atoms with Gasteiger partial charge in [0.05, 0.1) is 19.8 Å². The van der Waals surface area contributed by atoms with Crippen LogP contribution in [0.2, 0.25) is 0 Å². The quantitative estimate of drug-likeness (QED) is 0.268. The maximum Gasteiger partial charge on any atom is 2.00 e.